The molecule has 1 nitrogen and oxygen atoms in total. The van der Waals surface area contributed by atoms with Crippen LogP contribution in [0.4, 0.5) is 13.2 Å². The highest BCUT2D eigenvalue weighted by Crippen LogP contribution is 2.32. The van der Waals surface area contributed by atoms with Crippen LogP contribution in [0, 0.1) is 5.92 Å². The second-order valence-electron chi connectivity index (χ2n) is 2.68. The molecule has 2 unspecified atom stereocenters. The Morgan fingerprint density at radius 3 is 2.36 bits per heavy atom. The molecule has 0 aromatic carbocycles. The normalized spacial score (nSPS) is 32.7. The lowest BCUT2D eigenvalue weighted by atomic mass is 9.92. The van der Waals surface area contributed by atoms with Gasteiger partial charge in [-0.1, -0.05) is 0 Å². The molecule has 0 aliphatic heterocycles. The smallest absolute Gasteiger partial charge is 0.134 e. The van der Waals surface area contributed by atoms with E-state index in [-0.39, 0.29) is 6.42 Å². The third kappa shape index (κ3) is 1.74. The summed E-state index contributed by atoms with van der Waals surface area (Å²) in [4.78, 5) is 0. The summed E-state index contributed by atoms with van der Waals surface area (Å²) < 4.78 is 37.4. The summed E-state index contributed by atoms with van der Waals surface area (Å²) in [6.45, 7) is -0.429. The molecule has 11 heavy (non-hydrogen) atoms. The predicted molar refractivity (Wildman–Crippen MR) is 33.9 cm³/mol. The first-order chi connectivity index (χ1) is 5.15. The van der Waals surface area contributed by atoms with Crippen LogP contribution in [0.3, 0.4) is 0 Å². The molecule has 0 aromatic heterocycles. The van der Waals surface area contributed by atoms with Crippen molar-refractivity contribution in [2.45, 2.75) is 19.0 Å². The van der Waals surface area contributed by atoms with Gasteiger partial charge in [0.15, 0.2) is 0 Å². The summed E-state index contributed by atoms with van der Waals surface area (Å²) in [6.07, 6.45) is -2.29. The standard InChI is InChI=1S/C7H9F3O/c8-5-2-7(10)6(9)1-4(5)3-11/h4-5,11H,1-3H2. The van der Waals surface area contributed by atoms with Crippen LogP contribution in [-0.4, -0.2) is 17.9 Å². The van der Waals surface area contributed by atoms with E-state index in [2.05, 4.69) is 0 Å². The van der Waals surface area contributed by atoms with E-state index in [0.29, 0.717) is 0 Å². The van der Waals surface area contributed by atoms with E-state index < -0.39 is 36.8 Å². The summed E-state index contributed by atoms with van der Waals surface area (Å²) in [5.41, 5.74) is 0. The Morgan fingerprint density at radius 2 is 1.82 bits per heavy atom. The number of alkyl halides is 1. The van der Waals surface area contributed by atoms with Crippen LogP contribution in [0.5, 0.6) is 0 Å². The fraction of sp³-hybridized carbons (Fsp3) is 0.714. The first-order valence-corrected chi connectivity index (χ1v) is 3.43. The molecule has 4 heteroatoms. The number of aliphatic hydroxyl groups is 1. The molecule has 0 amide bonds. The Labute approximate surface area is 62.5 Å². The average Bonchev–Trinajstić information content (AvgIpc) is 1.97. The number of allylic oxidation sites excluding steroid dienone is 2. The zero-order valence-electron chi connectivity index (χ0n) is 5.86. The van der Waals surface area contributed by atoms with Crippen LogP contribution in [0.25, 0.3) is 0 Å². The van der Waals surface area contributed by atoms with Gasteiger partial charge in [-0.3, -0.25) is 0 Å². The Bertz CT molecular complexity index is 179. The third-order valence-corrected chi connectivity index (χ3v) is 1.86. The van der Waals surface area contributed by atoms with E-state index >= 15 is 0 Å². The van der Waals surface area contributed by atoms with Gasteiger partial charge >= 0.3 is 0 Å². The van der Waals surface area contributed by atoms with E-state index in [4.69, 9.17) is 5.11 Å². The van der Waals surface area contributed by atoms with Crippen molar-refractivity contribution in [1.29, 1.82) is 0 Å². The fourth-order valence-corrected chi connectivity index (χ4v) is 1.10. The number of hydrogen-bond donors (Lipinski definition) is 1. The second kappa shape index (κ2) is 3.26. The molecule has 0 heterocycles. The molecule has 0 radical (unpaired) electrons. The van der Waals surface area contributed by atoms with Crippen molar-refractivity contribution in [2.75, 3.05) is 6.61 Å². The van der Waals surface area contributed by atoms with E-state index in [1.54, 1.807) is 0 Å². The molecule has 0 aromatic rings. The Morgan fingerprint density at radius 1 is 1.27 bits per heavy atom. The summed E-state index contributed by atoms with van der Waals surface area (Å²) >= 11 is 0. The van der Waals surface area contributed by atoms with Gasteiger partial charge in [0, 0.05) is 25.4 Å². The fourth-order valence-electron chi connectivity index (χ4n) is 1.10. The Kier molecular flexibility index (Phi) is 2.54. The number of aliphatic hydroxyl groups excluding tert-OH is 1. The number of rotatable bonds is 1. The summed E-state index contributed by atoms with van der Waals surface area (Å²) in [5.74, 6) is -2.70. The van der Waals surface area contributed by atoms with E-state index in [9.17, 15) is 13.2 Å². The lowest BCUT2D eigenvalue weighted by molar-refractivity contribution is 0.115. The summed E-state index contributed by atoms with van der Waals surface area (Å²) in [6, 6.07) is 0. The number of halogens is 3. The third-order valence-electron chi connectivity index (χ3n) is 1.86. The molecule has 2 atom stereocenters. The SMILES string of the molecule is OCC1CC(F)=C(F)CC1F. The van der Waals surface area contributed by atoms with Crippen molar-refractivity contribution >= 4 is 0 Å². The molecule has 0 fully saturated rings. The zero-order chi connectivity index (χ0) is 8.43. The maximum absolute atomic E-state index is 12.7. The maximum Gasteiger partial charge on any atom is 0.134 e. The van der Waals surface area contributed by atoms with Gasteiger partial charge in [-0.2, -0.15) is 0 Å². The minimum absolute atomic E-state index is 0.316. The Balaban J connectivity index is 2.67. The van der Waals surface area contributed by atoms with Crippen molar-refractivity contribution in [2.24, 2.45) is 5.92 Å². The lowest BCUT2D eigenvalue weighted by Gasteiger charge is -2.21. The van der Waals surface area contributed by atoms with Crippen molar-refractivity contribution in [1.82, 2.24) is 0 Å². The van der Waals surface area contributed by atoms with E-state index in [1.807, 2.05) is 0 Å². The van der Waals surface area contributed by atoms with Crippen molar-refractivity contribution in [3.05, 3.63) is 11.7 Å². The minimum atomic E-state index is -1.44. The zero-order valence-corrected chi connectivity index (χ0v) is 5.86. The molecule has 0 saturated carbocycles. The van der Waals surface area contributed by atoms with Gasteiger partial charge in [0.1, 0.15) is 17.8 Å². The maximum atomic E-state index is 12.7. The molecule has 64 valence electrons. The molecule has 0 bridgehead atoms. The summed E-state index contributed by atoms with van der Waals surface area (Å²) in [5, 5.41) is 8.51. The van der Waals surface area contributed by atoms with Crippen LogP contribution in [0.1, 0.15) is 12.8 Å². The predicted octanol–water partition coefficient (Wildman–Crippen LogP) is 1.88. The van der Waals surface area contributed by atoms with E-state index in [0.717, 1.165) is 0 Å². The largest absolute Gasteiger partial charge is 0.396 e. The van der Waals surface area contributed by atoms with Gasteiger partial charge < -0.3 is 5.11 Å². The monoisotopic (exact) mass is 166 g/mol. The van der Waals surface area contributed by atoms with Crippen LogP contribution >= 0.6 is 0 Å². The van der Waals surface area contributed by atoms with Crippen molar-refractivity contribution in [3.63, 3.8) is 0 Å². The highest BCUT2D eigenvalue weighted by atomic mass is 19.2. The van der Waals surface area contributed by atoms with Crippen molar-refractivity contribution < 1.29 is 18.3 Å². The highest BCUT2D eigenvalue weighted by molar-refractivity contribution is 5.07. The Hall–Kier alpha value is -0.510. The molecule has 0 spiro atoms. The van der Waals surface area contributed by atoms with Gasteiger partial charge in [-0.25, -0.2) is 13.2 Å². The quantitative estimate of drug-likeness (QED) is 0.630. The van der Waals surface area contributed by atoms with Gasteiger partial charge in [-0.15, -0.1) is 0 Å². The second-order valence-corrected chi connectivity index (χ2v) is 2.68. The minimum Gasteiger partial charge on any atom is -0.396 e. The molecule has 0 saturated heterocycles. The lowest BCUT2D eigenvalue weighted by Crippen LogP contribution is -2.24. The molecular formula is C7H9F3O. The molecule has 1 rings (SSSR count). The topological polar surface area (TPSA) is 20.2 Å². The first-order valence-electron chi connectivity index (χ1n) is 3.43. The first kappa shape index (κ1) is 8.59. The van der Waals surface area contributed by atoms with Crippen LogP contribution < -0.4 is 0 Å². The molecule has 1 aliphatic carbocycles. The van der Waals surface area contributed by atoms with Gasteiger partial charge in [0.05, 0.1) is 0 Å². The van der Waals surface area contributed by atoms with Crippen LogP contribution in [0.15, 0.2) is 11.7 Å². The molecular weight excluding hydrogens is 157 g/mol. The van der Waals surface area contributed by atoms with Gasteiger partial charge in [0.25, 0.3) is 0 Å². The summed E-state index contributed by atoms with van der Waals surface area (Å²) in [7, 11) is 0. The van der Waals surface area contributed by atoms with Gasteiger partial charge in [0.2, 0.25) is 0 Å². The van der Waals surface area contributed by atoms with Crippen LogP contribution in [0.2, 0.25) is 0 Å². The highest BCUT2D eigenvalue weighted by Gasteiger charge is 2.30. The molecule has 1 aliphatic rings. The van der Waals surface area contributed by atoms with Crippen LogP contribution in [-0.2, 0) is 0 Å². The average molecular weight is 166 g/mol. The number of hydrogen-bond acceptors (Lipinski definition) is 1. The van der Waals surface area contributed by atoms with Gasteiger partial charge in [-0.05, 0) is 0 Å². The molecule has 1 N–H and O–H groups in total. The van der Waals surface area contributed by atoms with E-state index in [1.165, 1.54) is 0 Å². The van der Waals surface area contributed by atoms with Crippen molar-refractivity contribution in [3.8, 4) is 0 Å².